The third kappa shape index (κ3) is 6.11. The molecule has 1 aliphatic heterocycles. The maximum atomic E-state index is 12.8. The van der Waals surface area contributed by atoms with Gasteiger partial charge in [-0.2, -0.15) is 4.31 Å². The van der Waals surface area contributed by atoms with Crippen molar-refractivity contribution in [1.82, 2.24) is 9.21 Å². The van der Waals surface area contributed by atoms with Crippen molar-refractivity contribution in [2.75, 3.05) is 52.3 Å². The van der Waals surface area contributed by atoms with E-state index < -0.39 is 22.0 Å². The lowest BCUT2D eigenvalue weighted by Crippen LogP contribution is -2.50. The number of hydrogen-bond donors (Lipinski definition) is 1. The van der Waals surface area contributed by atoms with Crippen LogP contribution in [0.3, 0.4) is 0 Å². The molecule has 0 radical (unpaired) electrons. The van der Waals surface area contributed by atoms with E-state index >= 15 is 0 Å². The average Bonchev–Trinajstić information content (AvgIpc) is 2.83. The topological polar surface area (TPSA) is 122 Å². The Labute approximate surface area is 202 Å². The molecule has 0 unspecified atom stereocenters. The summed E-state index contributed by atoms with van der Waals surface area (Å²) < 4.78 is 36.3. The summed E-state index contributed by atoms with van der Waals surface area (Å²) in [5.74, 6) is -1.72. The van der Waals surface area contributed by atoms with Gasteiger partial charge >= 0.3 is 11.9 Å². The van der Waals surface area contributed by atoms with Crippen LogP contribution in [0, 0.1) is 0 Å². The number of halogens is 1. The van der Waals surface area contributed by atoms with Crippen LogP contribution in [-0.2, 0) is 24.3 Å². The standard InChI is InChI=1S/C22H24ClN3O7S/c1-32-21(28)15-11-16(22(29)33-2)13-18(12-15)24-20(27)14-25-7-9-26(10-8-25)34(30,31)19-5-3-17(23)4-6-19/h3-6,11-13H,7-10,14H2,1-2H3,(H,24,27). The number of sulfonamides is 1. The van der Waals surface area contributed by atoms with Gasteiger partial charge in [0.25, 0.3) is 0 Å². The number of anilines is 1. The van der Waals surface area contributed by atoms with Gasteiger partial charge in [0.2, 0.25) is 15.9 Å². The van der Waals surface area contributed by atoms with Crippen molar-refractivity contribution in [3.05, 3.63) is 58.6 Å². The van der Waals surface area contributed by atoms with Crippen molar-refractivity contribution >= 4 is 45.2 Å². The molecule has 3 rings (SSSR count). The van der Waals surface area contributed by atoms with Crippen LogP contribution in [0.2, 0.25) is 5.02 Å². The van der Waals surface area contributed by atoms with E-state index in [1.807, 2.05) is 4.90 Å². The van der Waals surface area contributed by atoms with E-state index in [4.69, 9.17) is 11.6 Å². The van der Waals surface area contributed by atoms with Crippen LogP contribution in [0.5, 0.6) is 0 Å². The second-order valence-corrected chi connectivity index (χ2v) is 9.84. The number of rotatable bonds is 7. The summed E-state index contributed by atoms with van der Waals surface area (Å²) in [7, 11) is -1.24. The number of benzene rings is 2. The zero-order valence-electron chi connectivity index (χ0n) is 18.6. The van der Waals surface area contributed by atoms with Crippen molar-refractivity contribution in [1.29, 1.82) is 0 Å². The fourth-order valence-electron chi connectivity index (χ4n) is 3.46. The van der Waals surface area contributed by atoms with Gasteiger partial charge in [-0.1, -0.05) is 11.6 Å². The number of nitrogens with zero attached hydrogens (tertiary/aromatic N) is 2. The first-order valence-corrected chi connectivity index (χ1v) is 12.1. The predicted octanol–water partition coefficient (Wildman–Crippen LogP) is 1.86. The molecule has 1 aliphatic rings. The second kappa shape index (κ2) is 11.0. The maximum absolute atomic E-state index is 12.8. The fourth-order valence-corrected chi connectivity index (χ4v) is 5.01. The molecule has 0 saturated carbocycles. The number of carbonyl (C=O) groups is 3. The highest BCUT2D eigenvalue weighted by atomic mass is 35.5. The molecule has 1 N–H and O–H groups in total. The summed E-state index contributed by atoms with van der Waals surface area (Å²) in [6, 6.07) is 10.1. The average molecular weight is 510 g/mol. The lowest BCUT2D eigenvalue weighted by atomic mass is 10.1. The first-order valence-electron chi connectivity index (χ1n) is 10.2. The second-order valence-electron chi connectivity index (χ2n) is 7.46. The lowest BCUT2D eigenvalue weighted by Gasteiger charge is -2.33. The zero-order chi connectivity index (χ0) is 24.9. The number of methoxy groups -OCH3 is 2. The number of amides is 1. The Bertz CT molecular complexity index is 1140. The Morgan fingerprint density at radius 2 is 1.44 bits per heavy atom. The van der Waals surface area contributed by atoms with Gasteiger partial charge in [0.1, 0.15) is 0 Å². The van der Waals surface area contributed by atoms with E-state index in [0.717, 1.165) is 0 Å². The van der Waals surface area contributed by atoms with E-state index in [1.165, 1.54) is 61.0 Å². The summed E-state index contributed by atoms with van der Waals surface area (Å²) in [5, 5.41) is 3.11. The van der Waals surface area contributed by atoms with Gasteiger partial charge in [-0.25, -0.2) is 18.0 Å². The molecule has 1 fully saturated rings. The number of hydrogen-bond acceptors (Lipinski definition) is 8. The Morgan fingerprint density at radius 3 is 1.94 bits per heavy atom. The molecular weight excluding hydrogens is 486 g/mol. The molecule has 182 valence electrons. The van der Waals surface area contributed by atoms with Crippen LogP contribution in [-0.4, -0.2) is 82.4 Å². The van der Waals surface area contributed by atoms with Gasteiger partial charge in [0, 0.05) is 36.9 Å². The first-order chi connectivity index (χ1) is 16.1. The summed E-state index contributed by atoms with van der Waals surface area (Å²) in [6.07, 6.45) is 0. The Kier molecular flexibility index (Phi) is 8.26. The van der Waals surface area contributed by atoms with Crippen molar-refractivity contribution < 1.29 is 32.3 Å². The molecule has 2 aromatic rings. The molecule has 34 heavy (non-hydrogen) atoms. The van der Waals surface area contributed by atoms with Crippen LogP contribution in [0.15, 0.2) is 47.4 Å². The van der Waals surface area contributed by atoms with Crippen LogP contribution in [0.25, 0.3) is 0 Å². The number of piperazine rings is 1. The Balaban J connectivity index is 1.62. The molecule has 0 aromatic heterocycles. The lowest BCUT2D eigenvalue weighted by molar-refractivity contribution is -0.117. The normalized spacial score (nSPS) is 14.9. The number of carbonyl (C=O) groups excluding carboxylic acids is 3. The summed E-state index contributed by atoms with van der Waals surface area (Å²) in [5.41, 5.74) is 0.403. The molecule has 1 heterocycles. The predicted molar refractivity (Wildman–Crippen MR) is 124 cm³/mol. The van der Waals surface area contributed by atoms with Crippen molar-refractivity contribution in [2.24, 2.45) is 0 Å². The van der Waals surface area contributed by atoms with E-state index in [-0.39, 0.29) is 47.3 Å². The van der Waals surface area contributed by atoms with Crippen molar-refractivity contribution in [2.45, 2.75) is 4.90 Å². The van der Waals surface area contributed by atoms with Gasteiger partial charge in [-0.3, -0.25) is 9.69 Å². The zero-order valence-corrected chi connectivity index (χ0v) is 20.2. The van der Waals surface area contributed by atoms with E-state index in [1.54, 1.807) is 0 Å². The minimum Gasteiger partial charge on any atom is -0.465 e. The van der Waals surface area contributed by atoms with E-state index in [0.29, 0.717) is 18.1 Å². The van der Waals surface area contributed by atoms with Crippen LogP contribution < -0.4 is 5.32 Å². The van der Waals surface area contributed by atoms with Crippen molar-refractivity contribution in [3.63, 3.8) is 0 Å². The number of ether oxygens (including phenoxy) is 2. The minimum absolute atomic E-state index is 0.00480. The number of nitrogens with one attached hydrogen (secondary N) is 1. The third-order valence-corrected chi connectivity index (χ3v) is 7.37. The maximum Gasteiger partial charge on any atom is 0.337 e. The highest BCUT2D eigenvalue weighted by Gasteiger charge is 2.29. The highest BCUT2D eigenvalue weighted by Crippen LogP contribution is 2.20. The van der Waals surface area contributed by atoms with E-state index in [9.17, 15) is 22.8 Å². The summed E-state index contributed by atoms with van der Waals surface area (Å²) in [4.78, 5) is 38.4. The van der Waals surface area contributed by atoms with Gasteiger partial charge in [0.15, 0.2) is 0 Å². The Hall–Kier alpha value is -2.99. The monoisotopic (exact) mass is 509 g/mol. The quantitative estimate of drug-likeness (QED) is 0.561. The molecule has 0 bridgehead atoms. The van der Waals surface area contributed by atoms with Crippen LogP contribution in [0.4, 0.5) is 5.69 Å². The number of esters is 2. The van der Waals surface area contributed by atoms with Gasteiger partial charge < -0.3 is 14.8 Å². The summed E-state index contributed by atoms with van der Waals surface area (Å²) in [6.45, 7) is 1.17. The van der Waals surface area contributed by atoms with Gasteiger partial charge in [-0.05, 0) is 42.5 Å². The van der Waals surface area contributed by atoms with Gasteiger partial charge in [0.05, 0.1) is 36.8 Å². The molecule has 0 atom stereocenters. The smallest absolute Gasteiger partial charge is 0.337 e. The molecule has 2 aromatic carbocycles. The van der Waals surface area contributed by atoms with Crippen LogP contribution >= 0.6 is 11.6 Å². The molecular formula is C22H24ClN3O7S. The SMILES string of the molecule is COC(=O)c1cc(NC(=O)CN2CCN(S(=O)(=O)c3ccc(Cl)cc3)CC2)cc(C(=O)OC)c1. The Morgan fingerprint density at radius 1 is 0.912 bits per heavy atom. The van der Waals surface area contributed by atoms with E-state index in [2.05, 4.69) is 14.8 Å². The largest absolute Gasteiger partial charge is 0.465 e. The molecule has 1 amide bonds. The fraction of sp³-hybridized carbons (Fsp3) is 0.318. The first kappa shape index (κ1) is 25.6. The molecule has 0 spiro atoms. The van der Waals surface area contributed by atoms with Crippen molar-refractivity contribution in [3.8, 4) is 0 Å². The summed E-state index contributed by atoms with van der Waals surface area (Å²) >= 11 is 5.84. The molecule has 10 nitrogen and oxygen atoms in total. The van der Waals surface area contributed by atoms with Crippen LogP contribution in [0.1, 0.15) is 20.7 Å². The molecule has 12 heteroatoms. The molecule has 0 aliphatic carbocycles. The van der Waals surface area contributed by atoms with Gasteiger partial charge in [-0.15, -0.1) is 0 Å². The molecule has 1 saturated heterocycles. The highest BCUT2D eigenvalue weighted by molar-refractivity contribution is 7.89. The third-order valence-electron chi connectivity index (χ3n) is 5.21. The minimum atomic E-state index is -3.65.